The van der Waals surface area contributed by atoms with Gasteiger partial charge in [0.1, 0.15) is 5.82 Å². The summed E-state index contributed by atoms with van der Waals surface area (Å²) in [4.78, 5) is 59.0. The highest BCUT2D eigenvalue weighted by molar-refractivity contribution is 6.12. The van der Waals surface area contributed by atoms with E-state index < -0.39 is 81.9 Å². The quantitative estimate of drug-likeness (QED) is 0.149. The summed E-state index contributed by atoms with van der Waals surface area (Å²) in [7, 11) is 1.23. The molecule has 1 unspecified atom stereocenters. The summed E-state index contributed by atoms with van der Waals surface area (Å²) >= 11 is 0. The molecule has 2 heterocycles. The number of nitrogens with one attached hydrogen (secondary N) is 1. The molecule has 1 N–H and O–H groups in total. The van der Waals surface area contributed by atoms with Gasteiger partial charge in [0.2, 0.25) is 17.4 Å². The first-order valence-electron chi connectivity index (χ1n) is 15.6. The number of aryl methyl sites for hydroxylation is 1. The van der Waals surface area contributed by atoms with E-state index >= 15 is 0 Å². The first-order chi connectivity index (χ1) is 23.6. The number of nitrogens with zero attached hydrogens (tertiary/aromatic N) is 2. The molecule has 2 amide bonds. The SMILES string of the molecule is CCOC(=O)C1(C(=O)OCC)NC(=O)CC1c1cc(-c2ccc(F)cc2C)c(N(C)C(=O)C(C)(C)c2cc(C(F)(F)F)cc(C(F)(F)F)c2)cn1. The second kappa shape index (κ2) is 13.9. The van der Waals surface area contributed by atoms with Crippen LogP contribution in [-0.2, 0) is 46.4 Å². The third kappa shape index (κ3) is 7.40. The van der Waals surface area contributed by atoms with Crippen LogP contribution in [0.5, 0.6) is 0 Å². The minimum absolute atomic E-state index is 0.0234. The predicted molar refractivity (Wildman–Crippen MR) is 169 cm³/mol. The standard InChI is InChI=1S/C35H34F7N3O6/c1-7-50-30(48)33(31(49)51-8-2)25(16-28(46)44-33)26-15-24(23-10-9-22(36)11-18(23)3)27(17-43-26)45(6)29(47)32(4,5)19-12-20(34(37,38)39)14-21(13-19)35(40,41)42/h9-15,17,25H,7-8,16H2,1-6H3,(H,44,46). The zero-order valence-electron chi connectivity index (χ0n) is 28.3. The Balaban J connectivity index is 1.92. The Labute approximate surface area is 288 Å². The number of anilines is 1. The molecule has 0 saturated carbocycles. The minimum Gasteiger partial charge on any atom is -0.464 e. The van der Waals surface area contributed by atoms with Gasteiger partial charge in [0.15, 0.2) is 0 Å². The van der Waals surface area contributed by atoms with Crippen LogP contribution in [0.2, 0.25) is 0 Å². The number of hydrogen-bond donors (Lipinski definition) is 1. The molecule has 1 fully saturated rings. The number of aromatic nitrogens is 1. The van der Waals surface area contributed by atoms with Gasteiger partial charge in [-0.1, -0.05) is 6.07 Å². The summed E-state index contributed by atoms with van der Waals surface area (Å²) in [6, 6.07) is 5.91. The van der Waals surface area contributed by atoms with Crippen LogP contribution in [0, 0.1) is 12.7 Å². The van der Waals surface area contributed by atoms with Gasteiger partial charge in [-0.3, -0.25) is 14.6 Å². The molecule has 1 aliphatic heterocycles. The van der Waals surface area contributed by atoms with Crippen LogP contribution in [0.15, 0.2) is 48.7 Å². The van der Waals surface area contributed by atoms with E-state index in [1.807, 2.05) is 0 Å². The molecule has 1 atom stereocenters. The van der Waals surface area contributed by atoms with Gasteiger partial charge in [-0.05, 0) is 87.7 Å². The molecular weight excluding hydrogens is 691 g/mol. The van der Waals surface area contributed by atoms with Crippen molar-refractivity contribution in [2.24, 2.45) is 0 Å². The Morgan fingerprint density at radius 2 is 1.41 bits per heavy atom. The number of amides is 2. The van der Waals surface area contributed by atoms with Crippen molar-refractivity contribution in [1.82, 2.24) is 10.3 Å². The van der Waals surface area contributed by atoms with Gasteiger partial charge >= 0.3 is 24.3 Å². The molecule has 0 aliphatic carbocycles. The zero-order chi connectivity index (χ0) is 38.3. The number of alkyl halides is 6. The van der Waals surface area contributed by atoms with Crippen LogP contribution in [0.1, 0.15) is 68.0 Å². The summed E-state index contributed by atoms with van der Waals surface area (Å²) in [6.07, 6.45) is -9.61. The Hall–Kier alpha value is -5.02. The lowest BCUT2D eigenvalue weighted by molar-refractivity contribution is -0.167. The average Bonchev–Trinajstić information content (AvgIpc) is 3.41. The third-order valence-electron chi connectivity index (χ3n) is 8.69. The molecule has 0 bridgehead atoms. The van der Waals surface area contributed by atoms with Gasteiger partial charge in [-0.15, -0.1) is 0 Å². The number of likely N-dealkylation sites (N-methyl/N-ethyl adjacent to an activating group) is 1. The lowest BCUT2D eigenvalue weighted by Crippen LogP contribution is -2.60. The molecule has 0 spiro atoms. The lowest BCUT2D eigenvalue weighted by Gasteiger charge is -2.33. The Bertz CT molecular complexity index is 1820. The highest BCUT2D eigenvalue weighted by Gasteiger charge is 2.62. The number of halogens is 7. The summed E-state index contributed by atoms with van der Waals surface area (Å²) in [5.41, 5.74) is -7.38. The second-order valence-corrected chi connectivity index (χ2v) is 12.4. The van der Waals surface area contributed by atoms with Crippen LogP contribution >= 0.6 is 0 Å². The fraction of sp³-hybridized carbons (Fsp3) is 0.400. The van der Waals surface area contributed by atoms with Gasteiger partial charge in [-0.25, -0.2) is 14.0 Å². The molecule has 51 heavy (non-hydrogen) atoms. The molecule has 4 rings (SSSR count). The number of rotatable bonds is 9. The number of ether oxygens (including phenoxy) is 2. The molecule has 0 radical (unpaired) electrons. The van der Waals surface area contributed by atoms with Crippen LogP contribution in [0.3, 0.4) is 0 Å². The number of carbonyl (C=O) groups is 4. The number of esters is 2. The molecule has 2 aromatic carbocycles. The Morgan fingerprint density at radius 1 is 0.882 bits per heavy atom. The fourth-order valence-electron chi connectivity index (χ4n) is 6.02. The van der Waals surface area contributed by atoms with Crippen molar-refractivity contribution in [3.63, 3.8) is 0 Å². The summed E-state index contributed by atoms with van der Waals surface area (Å²) < 4.78 is 107. The largest absolute Gasteiger partial charge is 0.464 e. The number of carbonyl (C=O) groups excluding carboxylic acids is 4. The smallest absolute Gasteiger partial charge is 0.416 e. The first-order valence-corrected chi connectivity index (χ1v) is 15.6. The van der Waals surface area contributed by atoms with Crippen molar-refractivity contribution >= 4 is 29.4 Å². The van der Waals surface area contributed by atoms with E-state index in [0.29, 0.717) is 23.3 Å². The van der Waals surface area contributed by atoms with Crippen molar-refractivity contribution < 1.29 is 59.4 Å². The van der Waals surface area contributed by atoms with Crippen LogP contribution in [0.25, 0.3) is 11.1 Å². The van der Waals surface area contributed by atoms with Crippen molar-refractivity contribution in [3.05, 3.63) is 82.4 Å². The van der Waals surface area contributed by atoms with E-state index in [-0.39, 0.29) is 36.2 Å². The van der Waals surface area contributed by atoms with Crippen molar-refractivity contribution in [1.29, 1.82) is 0 Å². The molecule has 1 aromatic heterocycles. The molecule has 1 saturated heterocycles. The lowest BCUT2D eigenvalue weighted by atomic mass is 9.80. The first kappa shape index (κ1) is 38.8. The van der Waals surface area contributed by atoms with E-state index in [0.717, 1.165) is 31.0 Å². The van der Waals surface area contributed by atoms with Crippen molar-refractivity contribution in [3.8, 4) is 11.1 Å². The molecule has 1 aliphatic rings. The Kier molecular flexibility index (Phi) is 10.6. The van der Waals surface area contributed by atoms with Crippen LogP contribution in [-0.4, -0.2) is 54.5 Å². The normalized spacial score (nSPS) is 16.0. The minimum atomic E-state index is -5.16. The van der Waals surface area contributed by atoms with Crippen LogP contribution in [0.4, 0.5) is 36.4 Å². The second-order valence-electron chi connectivity index (χ2n) is 12.4. The maximum Gasteiger partial charge on any atom is 0.416 e. The summed E-state index contributed by atoms with van der Waals surface area (Å²) in [5.74, 6) is -5.80. The van der Waals surface area contributed by atoms with E-state index in [2.05, 4.69) is 10.3 Å². The molecule has 274 valence electrons. The molecule has 16 heteroatoms. The number of pyridine rings is 1. The maximum atomic E-state index is 14.2. The van der Waals surface area contributed by atoms with Crippen molar-refractivity contribution in [2.45, 2.75) is 70.3 Å². The molecule has 9 nitrogen and oxygen atoms in total. The predicted octanol–water partition coefficient (Wildman–Crippen LogP) is 6.64. The van der Waals surface area contributed by atoms with Crippen molar-refractivity contribution in [2.75, 3.05) is 25.2 Å². The van der Waals surface area contributed by atoms with Gasteiger partial charge in [0, 0.05) is 24.7 Å². The topological polar surface area (TPSA) is 115 Å². The van der Waals surface area contributed by atoms with Gasteiger partial charge < -0.3 is 19.7 Å². The third-order valence-corrected chi connectivity index (χ3v) is 8.69. The fourth-order valence-corrected chi connectivity index (χ4v) is 6.02. The van der Waals surface area contributed by atoms with Gasteiger partial charge in [-0.2, -0.15) is 26.3 Å². The summed E-state index contributed by atoms with van der Waals surface area (Å²) in [5, 5.41) is 2.38. The average molecular weight is 726 g/mol. The number of hydrogen-bond acceptors (Lipinski definition) is 7. The zero-order valence-corrected chi connectivity index (χ0v) is 28.3. The van der Waals surface area contributed by atoms with E-state index in [4.69, 9.17) is 9.47 Å². The molecule has 3 aromatic rings. The monoisotopic (exact) mass is 725 g/mol. The van der Waals surface area contributed by atoms with E-state index in [1.54, 1.807) is 0 Å². The molecular formula is C35H34F7N3O6. The Morgan fingerprint density at radius 3 is 1.90 bits per heavy atom. The summed E-state index contributed by atoms with van der Waals surface area (Å²) in [6.45, 7) is 6.52. The van der Waals surface area contributed by atoms with E-state index in [1.165, 1.54) is 46.0 Å². The van der Waals surface area contributed by atoms with Gasteiger partial charge in [0.05, 0.1) is 47.6 Å². The van der Waals surface area contributed by atoms with E-state index in [9.17, 15) is 49.9 Å². The van der Waals surface area contributed by atoms with Gasteiger partial charge in [0.25, 0.3) is 0 Å². The maximum absolute atomic E-state index is 14.2. The highest BCUT2D eigenvalue weighted by atomic mass is 19.4. The van der Waals surface area contributed by atoms with Crippen LogP contribution < -0.4 is 10.2 Å². The highest BCUT2D eigenvalue weighted by Crippen LogP contribution is 2.44. The number of benzene rings is 2.